The fraction of sp³-hybridized carbons (Fsp3) is 0.909. The highest BCUT2D eigenvalue weighted by atomic mass is 35.5. The summed E-state index contributed by atoms with van der Waals surface area (Å²) in [4.78, 5) is 25.0. The van der Waals surface area contributed by atoms with Gasteiger partial charge in [0.25, 0.3) is 0 Å². The Morgan fingerprint density at radius 2 is 1.39 bits per heavy atom. The second kappa shape index (κ2) is 10.3. The number of carbonyl (C=O) groups is 2. The van der Waals surface area contributed by atoms with Crippen LogP contribution in [0, 0.1) is 11.8 Å². The van der Waals surface area contributed by atoms with Crippen LogP contribution in [0.3, 0.4) is 0 Å². The Balaban J connectivity index is 0.00000225. The van der Waals surface area contributed by atoms with Gasteiger partial charge in [-0.05, 0) is 70.1 Å². The summed E-state index contributed by atoms with van der Waals surface area (Å²) in [5.74, 6) is 1.23. The van der Waals surface area contributed by atoms with Gasteiger partial charge in [-0.1, -0.05) is 19.3 Å². The fourth-order valence-corrected chi connectivity index (χ4v) is 5.93. The highest BCUT2D eigenvalue weighted by Gasteiger charge is 2.35. The second-order valence-electron chi connectivity index (χ2n) is 9.64. The quantitative estimate of drug-likeness (QED) is 0.648. The molecule has 5 nitrogen and oxygen atoms in total. The summed E-state index contributed by atoms with van der Waals surface area (Å²) < 4.78 is 0. The summed E-state index contributed by atoms with van der Waals surface area (Å²) in [6, 6.07) is 1.87. The summed E-state index contributed by atoms with van der Waals surface area (Å²) in [5.41, 5.74) is 0. The van der Waals surface area contributed by atoms with Crippen LogP contribution in [0.4, 0.5) is 0 Å². The SMILES string of the molecule is Cl.O=C(CC1CCCCC1)NC1CCC(C(=O)NC2CC3CCC(C2)N3)CC1. The van der Waals surface area contributed by atoms with E-state index in [0.717, 1.165) is 38.5 Å². The summed E-state index contributed by atoms with van der Waals surface area (Å²) in [7, 11) is 0. The molecule has 3 N–H and O–H groups in total. The minimum Gasteiger partial charge on any atom is -0.353 e. The van der Waals surface area contributed by atoms with Gasteiger partial charge in [-0.25, -0.2) is 0 Å². The third kappa shape index (κ3) is 5.85. The van der Waals surface area contributed by atoms with E-state index in [1.807, 2.05) is 0 Å². The first-order valence-electron chi connectivity index (χ1n) is 11.5. The van der Waals surface area contributed by atoms with Crippen LogP contribution in [0.15, 0.2) is 0 Å². The molecular weight excluding hydrogens is 374 g/mol. The minimum absolute atomic E-state index is 0. The molecule has 2 saturated heterocycles. The average molecular weight is 412 g/mol. The van der Waals surface area contributed by atoms with Crippen LogP contribution >= 0.6 is 12.4 Å². The van der Waals surface area contributed by atoms with Gasteiger partial charge in [0.05, 0.1) is 0 Å². The first-order valence-corrected chi connectivity index (χ1v) is 11.5. The van der Waals surface area contributed by atoms with Gasteiger partial charge in [-0.2, -0.15) is 0 Å². The van der Waals surface area contributed by atoms with Gasteiger partial charge < -0.3 is 16.0 Å². The van der Waals surface area contributed by atoms with Crippen molar-refractivity contribution in [2.45, 2.75) is 114 Å². The molecule has 4 fully saturated rings. The highest BCUT2D eigenvalue weighted by molar-refractivity contribution is 5.85. The Morgan fingerprint density at radius 3 is 2.04 bits per heavy atom. The second-order valence-corrected chi connectivity index (χ2v) is 9.64. The van der Waals surface area contributed by atoms with Crippen LogP contribution in [0.2, 0.25) is 0 Å². The van der Waals surface area contributed by atoms with Crippen LogP contribution < -0.4 is 16.0 Å². The zero-order valence-corrected chi connectivity index (χ0v) is 17.9. The summed E-state index contributed by atoms with van der Waals surface area (Å²) >= 11 is 0. The summed E-state index contributed by atoms with van der Waals surface area (Å²) in [6.45, 7) is 0. The smallest absolute Gasteiger partial charge is 0.223 e. The van der Waals surface area contributed by atoms with Crippen molar-refractivity contribution >= 4 is 24.2 Å². The predicted octanol–water partition coefficient (Wildman–Crippen LogP) is 3.45. The van der Waals surface area contributed by atoms with Gasteiger partial charge in [0.2, 0.25) is 11.8 Å². The van der Waals surface area contributed by atoms with E-state index in [1.165, 1.54) is 44.9 Å². The Morgan fingerprint density at radius 1 is 0.750 bits per heavy atom. The lowest BCUT2D eigenvalue weighted by atomic mass is 9.84. The van der Waals surface area contributed by atoms with E-state index in [9.17, 15) is 9.59 Å². The first kappa shape index (κ1) is 21.9. The first-order chi connectivity index (χ1) is 13.2. The van der Waals surface area contributed by atoms with E-state index < -0.39 is 0 Å². The zero-order valence-electron chi connectivity index (χ0n) is 17.1. The number of fused-ring (bicyclic) bond motifs is 2. The molecule has 0 radical (unpaired) electrons. The largest absolute Gasteiger partial charge is 0.353 e. The number of rotatable bonds is 5. The molecule has 160 valence electrons. The van der Waals surface area contributed by atoms with Gasteiger partial charge in [0.1, 0.15) is 0 Å². The molecule has 0 aromatic rings. The molecule has 2 heterocycles. The monoisotopic (exact) mass is 411 g/mol. The molecule has 2 atom stereocenters. The topological polar surface area (TPSA) is 70.2 Å². The van der Waals surface area contributed by atoms with Crippen molar-refractivity contribution < 1.29 is 9.59 Å². The number of hydrogen-bond acceptors (Lipinski definition) is 3. The molecule has 28 heavy (non-hydrogen) atoms. The lowest BCUT2D eigenvalue weighted by Gasteiger charge is -2.33. The van der Waals surface area contributed by atoms with Crippen molar-refractivity contribution in [3.05, 3.63) is 0 Å². The standard InChI is InChI=1S/C22H37N3O2.ClH/c26-21(12-15-4-2-1-3-5-15)24-17-8-6-16(7-9-17)22(27)25-20-13-18-10-11-19(14-20)23-18;/h15-20,23H,1-14H2,(H,24,26)(H,25,27);1H. The molecule has 4 aliphatic rings. The number of halogens is 1. The number of piperidine rings is 1. The van der Waals surface area contributed by atoms with Gasteiger partial charge in [-0.15, -0.1) is 12.4 Å². The maximum absolute atomic E-state index is 12.7. The van der Waals surface area contributed by atoms with Gasteiger partial charge >= 0.3 is 0 Å². The van der Waals surface area contributed by atoms with Crippen LogP contribution in [-0.2, 0) is 9.59 Å². The molecule has 6 heteroatoms. The van der Waals surface area contributed by atoms with Gasteiger partial charge in [-0.3, -0.25) is 9.59 Å². The lowest BCUT2D eigenvalue weighted by molar-refractivity contribution is -0.127. The van der Waals surface area contributed by atoms with E-state index in [1.54, 1.807) is 0 Å². The predicted molar refractivity (Wildman–Crippen MR) is 113 cm³/mol. The van der Waals surface area contributed by atoms with E-state index >= 15 is 0 Å². The number of nitrogens with one attached hydrogen (secondary N) is 3. The Labute approximate surface area is 176 Å². The molecule has 2 aliphatic carbocycles. The van der Waals surface area contributed by atoms with Crippen molar-refractivity contribution in [2.24, 2.45) is 11.8 Å². The van der Waals surface area contributed by atoms with Crippen LogP contribution in [0.5, 0.6) is 0 Å². The van der Waals surface area contributed by atoms with Crippen molar-refractivity contribution in [2.75, 3.05) is 0 Å². The van der Waals surface area contributed by atoms with E-state index in [2.05, 4.69) is 16.0 Å². The van der Waals surface area contributed by atoms with Gasteiger partial charge in [0.15, 0.2) is 0 Å². The van der Waals surface area contributed by atoms with Crippen molar-refractivity contribution in [3.63, 3.8) is 0 Å². The Kier molecular flexibility index (Phi) is 8.04. The molecule has 2 amide bonds. The molecule has 0 spiro atoms. The van der Waals surface area contributed by atoms with E-state index in [0.29, 0.717) is 30.5 Å². The van der Waals surface area contributed by atoms with E-state index in [4.69, 9.17) is 0 Å². The van der Waals surface area contributed by atoms with Crippen LogP contribution in [-0.4, -0.2) is 36.0 Å². The molecule has 2 unspecified atom stereocenters. The number of carbonyl (C=O) groups excluding carboxylic acids is 2. The average Bonchev–Trinajstić information content (AvgIpc) is 3.01. The number of amides is 2. The normalized spacial score (nSPS) is 35.6. The summed E-state index contributed by atoms with van der Waals surface area (Å²) in [5, 5.41) is 10.2. The maximum Gasteiger partial charge on any atom is 0.223 e. The Bertz CT molecular complexity index is 518. The van der Waals surface area contributed by atoms with Crippen molar-refractivity contribution in [1.29, 1.82) is 0 Å². The molecule has 4 rings (SSSR count). The molecule has 2 aliphatic heterocycles. The fourth-order valence-electron chi connectivity index (χ4n) is 5.93. The van der Waals surface area contributed by atoms with Crippen LogP contribution in [0.25, 0.3) is 0 Å². The minimum atomic E-state index is 0. The molecule has 0 aromatic carbocycles. The van der Waals surface area contributed by atoms with E-state index in [-0.39, 0.29) is 36.2 Å². The molecule has 0 aromatic heterocycles. The van der Waals surface area contributed by atoms with Crippen LogP contribution in [0.1, 0.15) is 89.9 Å². The van der Waals surface area contributed by atoms with Crippen molar-refractivity contribution in [3.8, 4) is 0 Å². The zero-order chi connectivity index (χ0) is 18.6. The third-order valence-electron chi connectivity index (χ3n) is 7.48. The Hall–Kier alpha value is -0.810. The maximum atomic E-state index is 12.7. The highest BCUT2D eigenvalue weighted by Crippen LogP contribution is 2.29. The van der Waals surface area contributed by atoms with Gasteiger partial charge in [0, 0.05) is 36.5 Å². The summed E-state index contributed by atoms with van der Waals surface area (Å²) in [6.07, 6.45) is 15.5. The lowest BCUT2D eigenvalue weighted by Crippen LogP contribution is -2.50. The molecular formula is C22H38ClN3O2. The van der Waals surface area contributed by atoms with Crippen molar-refractivity contribution in [1.82, 2.24) is 16.0 Å². The third-order valence-corrected chi connectivity index (χ3v) is 7.48. The molecule has 2 saturated carbocycles. The number of hydrogen-bond donors (Lipinski definition) is 3. The molecule has 2 bridgehead atoms.